The van der Waals surface area contributed by atoms with Crippen molar-refractivity contribution < 1.29 is 8.95 Å². The Morgan fingerprint density at radius 2 is 2.00 bits per heavy atom. The summed E-state index contributed by atoms with van der Waals surface area (Å²) in [5, 5.41) is 3.49. The molecule has 0 aliphatic carbocycles. The number of para-hydroxylation sites is 1. The van der Waals surface area contributed by atoms with Gasteiger partial charge in [0.15, 0.2) is 0 Å². The Hall–Kier alpha value is -0.870. The van der Waals surface area contributed by atoms with Gasteiger partial charge in [-0.15, -0.1) is 0 Å². The number of nitrogens with one attached hydrogen (secondary N) is 1. The lowest BCUT2D eigenvalue weighted by molar-refractivity contribution is 0.333. The maximum Gasteiger partial charge on any atom is 0.124 e. The smallest absolute Gasteiger partial charge is 0.124 e. The lowest BCUT2D eigenvalue weighted by atomic mass is 10.1. The summed E-state index contributed by atoms with van der Waals surface area (Å²) < 4.78 is 17.9. The van der Waals surface area contributed by atoms with Crippen LogP contribution in [0.5, 0.6) is 5.75 Å². The van der Waals surface area contributed by atoms with E-state index in [0.29, 0.717) is 12.4 Å². The van der Waals surface area contributed by atoms with Crippen molar-refractivity contribution in [3.63, 3.8) is 0 Å². The minimum absolute atomic E-state index is 0.0672. The van der Waals surface area contributed by atoms with Gasteiger partial charge in [0.1, 0.15) is 5.75 Å². The van der Waals surface area contributed by atoms with Gasteiger partial charge in [-0.3, -0.25) is 4.21 Å². The van der Waals surface area contributed by atoms with E-state index in [1.54, 1.807) is 0 Å². The zero-order valence-corrected chi connectivity index (χ0v) is 13.1. The average Bonchev–Trinajstić information content (AvgIpc) is 2.44. The van der Waals surface area contributed by atoms with E-state index in [2.05, 4.69) is 12.2 Å². The quantitative estimate of drug-likeness (QED) is 0.797. The molecule has 0 aliphatic heterocycles. The molecule has 3 atom stereocenters. The van der Waals surface area contributed by atoms with Crippen LogP contribution in [0.3, 0.4) is 0 Å². The summed E-state index contributed by atoms with van der Waals surface area (Å²) in [6.45, 7) is 6.73. The highest BCUT2D eigenvalue weighted by Gasteiger charge is 2.19. The number of benzene rings is 1. The lowest BCUT2D eigenvalue weighted by Gasteiger charge is -2.21. The molecule has 108 valence electrons. The Labute approximate surface area is 119 Å². The number of rotatable bonds is 8. The topological polar surface area (TPSA) is 38.3 Å². The summed E-state index contributed by atoms with van der Waals surface area (Å²) >= 11 is 0. The summed E-state index contributed by atoms with van der Waals surface area (Å²) in [5.41, 5.74) is 1.09. The first-order valence-corrected chi connectivity index (χ1v) is 8.28. The van der Waals surface area contributed by atoms with Crippen LogP contribution < -0.4 is 10.1 Å². The molecule has 0 saturated carbocycles. The van der Waals surface area contributed by atoms with Crippen LogP contribution in [-0.4, -0.2) is 28.9 Å². The molecule has 0 bridgehead atoms. The van der Waals surface area contributed by atoms with Gasteiger partial charge in [0.2, 0.25) is 0 Å². The molecule has 1 rings (SSSR count). The zero-order chi connectivity index (χ0) is 14.3. The Kier molecular flexibility index (Phi) is 7.10. The first-order chi connectivity index (χ1) is 9.13. The average molecular weight is 283 g/mol. The van der Waals surface area contributed by atoms with Crippen molar-refractivity contribution in [2.45, 2.75) is 38.5 Å². The molecular formula is C15H25NO2S. The number of ether oxygens (including phenoxy) is 1. The van der Waals surface area contributed by atoms with Crippen LogP contribution in [0.2, 0.25) is 0 Å². The predicted octanol–water partition coefficient (Wildman–Crippen LogP) is 2.89. The molecule has 19 heavy (non-hydrogen) atoms. The highest BCUT2D eigenvalue weighted by molar-refractivity contribution is 7.85. The second-order valence-electron chi connectivity index (χ2n) is 4.58. The van der Waals surface area contributed by atoms with Crippen LogP contribution in [-0.2, 0) is 10.8 Å². The molecule has 0 radical (unpaired) electrons. The molecule has 4 heteroatoms. The third-order valence-corrected chi connectivity index (χ3v) is 5.19. The minimum atomic E-state index is -0.826. The van der Waals surface area contributed by atoms with Crippen LogP contribution in [0.1, 0.15) is 38.8 Å². The van der Waals surface area contributed by atoms with Crippen molar-refractivity contribution in [1.29, 1.82) is 0 Å². The van der Waals surface area contributed by atoms with Crippen LogP contribution in [0.25, 0.3) is 0 Å². The second kappa shape index (κ2) is 8.33. The molecule has 0 fully saturated rings. The van der Waals surface area contributed by atoms with Gasteiger partial charge in [0.25, 0.3) is 0 Å². The van der Waals surface area contributed by atoms with Crippen molar-refractivity contribution in [2.75, 3.05) is 19.4 Å². The normalized spacial score (nSPS) is 15.8. The second-order valence-corrected chi connectivity index (χ2v) is 6.48. The SMILES string of the molecule is CCOc1ccccc1C(CS(=O)C(C)CC)NC. The highest BCUT2D eigenvalue weighted by atomic mass is 32.2. The molecule has 0 spiro atoms. The van der Waals surface area contributed by atoms with E-state index in [0.717, 1.165) is 17.7 Å². The molecule has 0 saturated heterocycles. The van der Waals surface area contributed by atoms with E-state index in [1.807, 2.05) is 45.2 Å². The molecule has 3 nitrogen and oxygen atoms in total. The molecule has 1 aromatic carbocycles. The zero-order valence-electron chi connectivity index (χ0n) is 12.3. The van der Waals surface area contributed by atoms with Gasteiger partial charge in [0, 0.05) is 33.4 Å². The predicted molar refractivity (Wildman–Crippen MR) is 82.2 cm³/mol. The van der Waals surface area contributed by atoms with Crippen molar-refractivity contribution >= 4 is 10.8 Å². The maximum absolute atomic E-state index is 12.2. The fourth-order valence-corrected chi connectivity index (χ4v) is 3.27. The Morgan fingerprint density at radius 1 is 1.32 bits per heavy atom. The van der Waals surface area contributed by atoms with Gasteiger partial charge in [-0.1, -0.05) is 32.0 Å². The minimum Gasteiger partial charge on any atom is -0.494 e. The van der Waals surface area contributed by atoms with Gasteiger partial charge >= 0.3 is 0 Å². The van der Waals surface area contributed by atoms with E-state index in [9.17, 15) is 4.21 Å². The van der Waals surface area contributed by atoms with Gasteiger partial charge < -0.3 is 10.1 Å². The maximum atomic E-state index is 12.2. The monoisotopic (exact) mass is 283 g/mol. The van der Waals surface area contributed by atoms with Crippen LogP contribution in [0, 0.1) is 0 Å². The standard InChI is InChI=1S/C15H25NO2S/c1-5-12(3)19(17)11-14(16-4)13-9-7-8-10-15(13)18-6-2/h7-10,12,14,16H,5-6,11H2,1-4H3. The summed E-state index contributed by atoms with van der Waals surface area (Å²) in [6.07, 6.45) is 0.941. The van der Waals surface area contributed by atoms with E-state index in [1.165, 1.54) is 0 Å². The number of hydrogen-bond acceptors (Lipinski definition) is 3. The molecule has 0 aromatic heterocycles. The van der Waals surface area contributed by atoms with E-state index in [4.69, 9.17) is 4.74 Å². The fraction of sp³-hybridized carbons (Fsp3) is 0.600. The molecular weight excluding hydrogens is 258 g/mol. The van der Waals surface area contributed by atoms with E-state index in [-0.39, 0.29) is 11.3 Å². The van der Waals surface area contributed by atoms with Crippen LogP contribution in [0.15, 0.2) is 24.3 Å². The van der Waals surface area contributed by atoms with Crippen molar-refractivity contribution in [3.8, 4) is 5.75 Å². The van der Waals surface area contributed by atoms with Gasteiger partial charge in [-0.25, -0.2) is 0 Å². The molecule has 0 heterocycles. The van der Waals surface area contributed by atoms with E-state index < -0.39 is 10.8 Å². The van der Waals surface area contributed by atoms with Crippen LogP contribution in [0.4, 0.5) is 0 Å². The third kappa shape index (κ3) is 4.62. The molecule has 3 unspecified atom stereocenters. The summed E-state index contributed by atoms with van der Waals surface area (Å²) in [7, 11) is 1.08. The van der Waals surface area contributed by atoms with Gasteiger partial charge in [-0.05, 0) is 26.5 Å². The van der Waals surface area contributed by atoms with E-state index >= 15 is 0 Å². The summed E-state index contributed by atoms with van der Waals surface area (Å²) in [5.74, 6) is 1.50. The van der Waals surface area contributed by atoms with Crippen molar-refractivity contribution in [3.05, 3.63) is 29.8 Å². The first-order valence-electron chi connectivity index (χ1n) is 6.90. The van der Waals surface area contributed by atoms with Gasteiger partial charge in [-0.2, -0.15) is 0 Å². The lowest BCUT2D eigenvalue weighted by Crippen LogP contribution is -2.26. The molecule has 0 amide bonds. The summed E-state index contributed by atoms with van der Waals surface area (Å²) in [4.78, 5) is 0. The largest absolute Gasteiger partial charge is 0.494 e. The Morgan fingerprint density at radius 3 is 2.58 bits per heavy atom. The van der Waals surface area contributed by atoms with Gasteiger partial charge in [0.05, 0.1) is 6.61 Å². The highest BCUT2D eigenvalue weighted by Crippen LogP contribution is 2.26. The molecule has 1 N–H and O–H groups in total. The molecule has 0 aliphatic rings. The summed E-state index contributed by atoms with van der Waals surface area (Å²) in [6, 6.07) is 8.04. The van der Waals surface area contributed by atoms with Crippen molar-refractivity contribution in [1.82, 2.24) is 5.32 Å². The Balaban J connectivity index is 2.88. The third-order valence-electron chi connectivity index (χ3n) is 3.30. The number of hydrogen-bond donors (Lipinski definition) is 1. The van der Waals surface area contributed by atoms with Crippen LogP contribution >= 0.6 is 0 Å². The molecule has 1 aromatic rings. The fourth-order valence-electron chi connectivity index (χ4n) is 1.90. The van der Waals surface area contributed by atoms with Crippen molar-refractivity contribution in [2.24, 2.45) is 0 Å². The first kappa shape index (κ1) is 16.2. The Bertz CT molecular complexity index is 409.